The Bertz CT molecular complexity index is 979. The summed E-state index contributed by atoms with van der Waals surface area (Å²) >= 11 is 0. The number of carbonyl (C=O) groups excluding carboxylic acids is 1. The summed E-state index contributed by atoms with van der Waals surface area (Å²) in [5.74, 6) is 0.527. The number of nitrogens with zero attached hydrogens (tertiary/aromatic N) is 1. The highest BCUT2D eigenvalue weighted by Crippen LogP contribution is 2.27. The van der Waals surface area contributed by atoms with Crippen molar-refractivity contribution in [2.45, 2.75) is 44.9 Å². The van der Waals surface area contributed by atoms with Crippen molar-refractivity contribution < 1.29 is 17.9 Å². The first-order chi connectivity index (χ1) is 14.3. The number of rotatable bonds is 7. The van der Waals surface area contributed by atoms with Crippen LogP contribution in [0.25, 0.3) is 0 Å². The number of ether oxygens (including phenoxy) is 1. The molecule has 3 rings (SSSR count). The number of benzene rings is 2. The average Bonchev–Trinajstić information content (AvgIpc) is 2.74. The lowest BCUT2D eigenvalue weighted by molar-refractivity contribution is -0.120. The van der Waals surface area contributed by atoms with E-state index in [-0.39, 0.29) is 11.8 Å². The Kier molecular flexibility index (Phi) is 7.15. The molecule has 162 valence electrons. The SMILES string of the molecule is CCCOc1ccc(NC(=O)C2CCN(S(=O)(=O)c3ccc(C)cc3)CC2)c(C)c1. The Balaban J connectivity index is 1.58. The Labute approximate surface area is 179 Å². The maximum Gasteiger partial charge on any atom is 0.243 e. The van der Waals surface area contributed by atoms with Crippen molar-refractivity contribution in [1.29, 1.82) is 0 Å². The van der Waals surface area contributed by atoms with Gasteiger partial charge in [-0.3, -0.25) is 4.79 Å². The van der Waals surface area contributed by atoms with Crippen LogP contribution in [0, 0.1) is 19.8 Å². The molecule has 6 nitrogen and oxygen atoms in total. The van der Waals surface area contributed by atoms with Crippen LogP contribution in [0.2, 0.25) is 0 Å². The summed E-state index contributed by atoms with van der Waals surface area (Å²) in [6.07, 6.45) is 1.96. The zero-order chi connectivity index (χ0) is 21.7. The fraction of sp³-hybridized carbons (Fsp3) is 0.435. The fourth-order valence-corrected chi connectivity index (χ4v) is 5.01. The molecule has 1 aliphatic rings. The van der Waals surface area contributed by atoms with Gasteiger partial charge in [0.05, 0.1) is 11.5 Å². The first-order valence-electron chi connectivity index (χ1n) is 10.4. The third-order valence-electron chi connectivity index (χ3n) is 5.41. The van der Waals surface area contributed by atoms with Crippen LogP contribution in [0.5, 0.6) is 5.75 Å². The van der Waals surface area contributed by atoms with Crippen molar-refractivity contribution in [2.75, 3.05) is 25.0 Å². The molecular formula is C23H30N2O4S. The van der Waals surface area contributed by atoms with E-state index in [1.54, 1.807) is 24.3 Å². The molecule has 0 aromatic heterocycles. The van der Waals surface area contributed by atoms with Crippen LogP contribution in [-0.4, -0.2) is 38.3 Å². The minimum absolute atomic E-state index is 0.0623. The van der Waals surface area contributed by atoms with E-state index in [4.69, 9.17) is 4.74 Å². The molecule has 0 radical (unpaired) electrons. The molecule has 0 spiro atoms. The van der Waals surface area contributed by atoms with Gasteiger partial charge in [0.2, 0.25) is 15.9 Å². The molecule has 7 heteroatoms. The maximum absolute atomic E-state index is 12.8. The first kappa shape index (κ1) is 22.3. The number of anilines is 1. The molecule has 1 fully saturated rings. The van der Waals surface area contributed by atoms with Crippen molar-refractivity contribution in [2.24, 2.45) is 5.92 Å². The molecule has 2 aromatic carbocycles. The molecule has 30 heavy (non-hydrogen) atoms. The van der Waals surface area contributed by atoms with Gasteiger partial charge in [-0.25, -0.2) is 8.42 Å². The number of amides is 1. The summed E-state index contributed by atoms with van der Waals surface area (Å²) < 4.78 is 32.8. The summed E-state index contributed by atoms with van der Waals surface area (Å²) in [5.41, 5.74) is 2.72. The second kappa shape index (κ2) is 9.62. The number of piperidine rings is 1. The number of nitrogens with one attached hydrogen (secondary N) is 1. The maximum atomic E-state index is 12.8. The van der Waals surface area contributed by atoms with Crippen LogP contribution in [0.15, 0.2) is 47.4 Å². The Hall–Kier alpha value is -2.38. The summed E-state index contributed by atoms with van der Waals surface area (Å²) in [6.45, 7) is 7.27. The zero-order valence-corrected chi connectivity index (χ0v) is 18.7. The molecule has 0 saturated carbocycles. The normalized spacial score (nSPS) is 15.7. The van der Waals surface area contributed by atoms with Gasteiger partial charge in [-0.15, -0.1) is 0 Å². The minimum Gasteiger partial charge on any atom is -0.494 e. The van der Waals surface area contributed by atoms with Gasteiger partial charge in [-0.1, -0.05) is 24.6 Å². The highest BCUT2D eigenvalue weighted by molar-refractivity contribution is 7.89. The molecule has 0 atom stereocenters. The zero-order valence-electron chi connectivity index (χ0n) is 17.8. The smallest absolute Gasteiger partial charge is 0.243 e. The molecule has 1 N–H and O–H groups in total. The largest absolute Gasteiger partial charge is 0.494 e. The van der Waals surface area contributed by atoms with Crippen molar-refractivity contribution in [3.05, 3.63) is 53.6 Å². The number of hydrogen-bond acceptors (Lipinski definition) is 4. The average molecular weight is 431 g/mol. The van der Waals surface area contributed by atoms with E-state index in [1.807, 2.05) is 32.0 Å². The molecule has 2 aromatic rings. The molecule has 1 aliphatic heterocycles. The first-order valence-corrected chi connectivity index (χ1v) is 11.9. The second-order valence-electron chi connectivity index (χ2n) is 7.81. The quantitative estimate of drug-likeness (QED) is 0.717. The van der Waals surface area contributed by atoms with Crippen LogP contribution in [0.3, 0.4) is 0 Å². The molecule has 1 saturated heterocycles. The number of carbonyl (C=O) groups is 1. The van der Waals surface area contributed by atoms with E-state index in [9.17, 15) is 13.2 Å². The third-order valence-corrected chi connectivity index (χ3v) is 7.32. The van der Waals surface area contributed by atoms with E-state index in [1.165, 1.54) is 4.31 Å². The summed E-state index contributed by atoms with van der Waals surface area (Å²) in [4.78, 5) is 13.0. The second-order valence-corrected chi connectivity index (χ2v) is 9.74. The van der Waals surface area contributed by atoms with Gasteiger partial charge in [0.25, 0.3) is 0 Å². The van der Waals surface area contributed by atoms with Crippen LogP contribution in [0.1, 0.15) is 37.3 Å². The third kappa shape index (κ3) is 5.21. The fourth-order valence-electron chi connectivity index (χ4n) is 3.54. The van der Waals surface area contributed by atoms with Crippen LogP contribution < -0.4 is 10.1 Å². The Morgan fingerprint density at radius 2 is 1.77 bits per heavy atom. The van der Waals surface area contributed by atoms with E-state index in [0.717, 1.165) is 29.0 Å². The highest BCUT2D eigenvalue weighted by Gasteiger charge is 2.32. The summed E-state index contributed by atoms with van der Waals surface area (Å²) in [5, 5.41) is 2.99. The Morgan fingerprint density at radius 1 is 1.10 bits per heavy atom. The van der Waals surface area contributed by atoms with E-state index in [0.29, 0.717) is 37.4 Å². The molecule has 0 unspecified atom stereocenters. The predicted molar refractivity (Wildman–Crippen MR) is 118 cm³/mol. The van der Waals surface area contributed by atoms with Gasteiger partial charge in [0.1, 0.15) is 5.75 Å². The van der Waals surface area contributed by atoms with Gasteiger partial charge in [0, 0.05) is 24.7 Å². The van der Waals surface area contributed by atoms with Crippen LogP contribution in [0.4, 0.5) is 5.69 Å². The van der Waals surface area contributed by atoms with Crippen LogP contribution >= 0.6 is 0 Å². The van der Waals surface area contributed by atoms with Gasteiger partial charge in [-0.2, -0.15) is 4.31 Å². The van der Waals surface area contributed by atoms with E-state index in [2.05, 4.69) is 12.2 Å². The van der Waals surface area contributed by atoms with Gasteiger partial charge in [-0.05, 0) is 69.0 Å². The monoisotopic (exact) mass is 430 g/mol. The van der Waals surface area contributed by atoms with Crippen molar-refractivity contribution in [3.63, 3.8) is 0 Å². The van der Waals surface area contributed by atoms with E-state index < -0.39 is 10.0 Å². The van der Waals surface area contributed by atoms with E-state index >= 15 is 0 Å². The standard InChI is InChI=1S/C23H30N2O4S/c1-4-15-29-20-7-10-22(18(3)16-20)24-23(26)19-11-13-25(14-12-19)30(27,28)21-8-5-17(2)6-9-21/h5-10,16,19H,4,11-15H2,1-3H3,(H,24,26). The molecular weight excluding hydrogens is 400 g/mol. The van der Waals surface area contributed by atoms with Crippen LogP contribution in [-0.2, 0) is 14.8 Å². The molecule has 1 heterocycles. The number of aryl methyl sites for hydroxylation is 2. The molecule has 0 aliphatic carbocycles. The summed E-state index contributed by atoms with van der Waals surface area (Å²) in [6, 6.07) is 12.5. The summed E-state index contributed by atoms with van der Waals surface area (Å²) in [7, 11) is -3.52. The highest BCUT2D eigenvalue weighted by atomic mass is 32.2. The lowest BCUT2D eigenvalue weighted by Gasteiger charge is -2.30. The molecule has 0 bridgehead atoms. The minimum atomic E-state index is -3.52. The predicted octanol–water partition coefficient (Wildman–Crippen LogP) is 4.13. The van der Waals surface area contributed by atoms with Crippen molar-refractivity contribution in [3.8, 4) is 5.75 Å². The lowest BCUT2D eigenvalue weighted by atomic mass is 9.97. The number of hydrogen-bond donors (Lipinski definition) is 1. The van der Waals surface area contributed by atoms with Gasteiger partial charge in [0.15, 0.2) is 0 Å². The Morgan fingerprint density at radius 3 is 2.37 bits per heavy atom. The number of sulfonamides is 1. The topological polar surface area (TPSA) is 75.7 Å². The molecule has 1 amide bonds. The lowest BCUT2D eigenvalue weighted by Crippen LogP contribution is -2.41. The van der Waals surface area contributed by atoms with Crippen molar-refractivity contribution >= 4 is 21.6 Å². The van der Waals surface area contributed by atoms with Crippen molar-refractivity contribution in [1.82, 2.24) is 4.31 Å². The van der Waals surface area contributed by atoms with Gasteiger partial charge < -0.3 is 10.1 Å². The van der Waals surface area contributed by atoms with Gasteiger partial charge >= 0.3 is 0 Å².